The smallest absolute Gasteiger partial charge is 0.317 e. The van der Waals surface area contributed by atoms with Gasteiger partial charge in [-0.15, -0.1) is 0 Å². The Kier molecular flexibility index (Phi) is 7.43. The lowest BCUT2D eigenvalue weighted by Gasteiger charge is -2.33. The van der Waals surface area contributed by atoms with Crippen LogP contribution in [0.5, 0.6) is 5.75 Å². The summed E-state index contributed by atoms with van der Waals surface area (Å²) in [4.78, 5) is 30.2. The van der Waals surface area contributed by atoms with Gasteiger partial charge in [0.1, 0.15) is 5.75 Å². The number of methoxy groups -OCH3 is 1. The number of hydrogen-bond donors (Lipinski definition) is 1. The number of Topliss-reactive ketones (excluding diaryl/α,β-unsaturated/α-hetero) is 1. The molecule has 2 saturated heterocycles. The van der Waals surface area contributed by atoms with Crippen LogP contribution < -0.4 is 10.1 Å². The summed E-state index contributed by atoms with van der Waals surface area (Å²) < 4.78 is 5.17. The molecule has 32 heavy (non-hydrogen) atoms. The Bertz CT molecular complexity index is 886. The van der Waals surface area contributed by atoms with Crippen molar-refractivity contribution in [3.05, 3.63) is 65.7 Å². The SMILES string of the molecule is COc1ccc(C(=O)C2CCN(C(=O)NC(CN3CCCC3)c3ccccc3)CC2)cc1. The molecular weight excluding hydrogens is 402 g/mol. The van der Waals surface area contributed by atoms with Gasteiger partial charge in [-0.3, -0.25) is 4.79 Å². The molecule has 0 bridgehead atoms. The number of carbonyl (C=O) groups excluding carboxylic acids is 2. The van der Waals surface area contributed by atoms with Crippen LogP contribution in [0.2, 0.25) is 0 Å². The lowest BCUT2D eigenvalue weighted by molar-refractivity contribution is 0.0852. The molecule has 2 aliphatic rings. The summed E-state index contributed by atoms with van der Waals surface area (Å²) in [5.74, 6) is 0.862. The fourth-order valence-corrected chi connectivity index (χ4v) is 4.72. The van der Waals surface area contributed by atoms with E-state index in [1.54, 1.807) is 7.11 Å². The molecule has 0 saturated carbocycles. The van der Waals surface area contributed by atoms with Crippen LogP contribution in [0.4, 0.5) is 4.79 Å². The van der Waals surface area contributed by atoms with Crippen molar-refractivity contribution in [3.63, 3.8) is 0 Å². The van der Waals surface area contributed by atoms with Crippen LogP contribution in [-0.4, -0.2) is 61.4 Å². The van der Waals surface area contributed by atoms with Gasteiger partial charge < -0.3 is 19.9 Å². The molecule has 1 atom stereocenters. The molecule has 6 nitrogen and oxygen atoms in total. The van der Waals surface area contributed by atoms with E-state index in [1.165, 1.54) is 12.8 Å². The number of benzene rings is 2. The molecule has 1 N–H and O–H groups in total. The number of urea groups is 1. The van der Waals surface area contributed by atoms with Crippen molar-refractivity contribution in [2.75, 3.05) is 39.8 Å². The van der Waals surface area contributed by atoms with Gasteiger partial charge in [0, 0.05) is 31.1 Å². The Morgan fingerprint density at radius 3 is 2.25 bits per heavy atom. The third-order valence-electron chi connectivity index (χ3n) is 6.67. The maximum Gasteiger partial charge on any atom is 0.317 e. The number of amides is 2. The van der Waals surface area contributed by atoms with E-state index in [4.69, 9.17) is 4.74 Å². The molecule has 2 aromatic rings. The molecule has 2 aromatic carbocycles. The molecule has 170 valence electrons. The predicted molar refractivity (Wildman–Crippen MR) is 125 cm³/mol. The molecule has 0 aliphatic carbocycles. The van der Waals surface area contributed by atoms with Gasteiger partial charge in [-0.25, -0.2) is 4.79 Å². The number of nitrogens with one attached hydrogen (secondary N) is 1. The molecule has 2 heterocycles. The summed E-state index contributed by atoms with van der Waals surface area (Å²) in [7, 11) is 1.62. The Labute approximate surface area is 190 Å². The Hall–Kier alpha value is -2.86. The second-order valence-electron chi connectivity index (χ2n) is 8.77. The van der Waals surface area contributed by atoms with Crippen molar-refractivity contribution < 1.29 is 14.3 Å². The lowest BCUT2D eigenvalue weighted by Crippen LogP contribution is -2.48. The minimum atomic E-state index is -0.0398. The Morgan fingerprint density at radius 2 is 1.62 bits per heavy atom. The minimum Gasteiger partial charge on any atom is -0.497 e. The van der Waals surface area contributed by atoms with E-state index in [0.29, 0.717) is 31.5 Å². The van der Waals surface area contributed by atoms with E-state index >= 15 is 0 Å². The zero-order valence-corrected chi connectivity index (χ0v) is 18.8. The van der Waals surface area contributed by atoms with E-state index in [-0.39, 0.29) is 23.8 Å². The summed E-state index contributed by atoms with van der Waals surface area (Å²) in [6, 6.07) is 17.4. The minimum absolute atomic E-state index is 0.0274. The summed E-state index contributed by atoms with van der Waals surface area (Å²) >= 11 is 0. The average molecular weight is 436 g/mol. The van der Waals surface area contributed by atoms with E-state index in [2.05, 4.69) is 22.3 Å². The summed E-state index contributed by atoms with van der Waals surface area (Å²) in [5.41, 5.74) is 1.85. The number of ketones is 1. The molecule has 0 aromatic heterocycles. The number of likely N-dealkylation sites (tertiary alicyclic amines) is 2. The molecule has 6 heteroatoms. The number of ether oxygens (including phenoxy) is 1. The van der Waals surface area contributed by atoms with Gasteiger partial charge in [0.05, 0.1) is 13.2 Å². The quantitative estimate of drug-likeness (QED) is 0.664. The Balaban J connectivity index is 1.33. The van der Waals surface area contributed by atoms with E-state index in [0.717, 1.165) is 30.9 Å². The first-order chi connectivity index (χ1) is 15.6. The topological polar surface area (TPSA) is 61.9 Å². The molecule has 2 amide bonds. The van der Waals surface area contributed by atoms with Crippen LogP contribution >= 0.6 is 0 Å². The third kappa shape index (κ3) is 5.49. The highest BCUT2D eigenvalue weighted by Crippen LogP contribution is 2.24. The second-order valence-corrected chi connectivity index (χ2v) is 8.77. The van der Waals surface area contributed by atoms with Gasteiger partial charge in [0.25, 0.3) is 0 Å². The largest absolute Gasteiger partial charge is 0.497 e. The van der Waals surface area contributed by atoms with Crippen molar-refractivity contribution in [3.8, 4) is 5.75 Å². The van der Waals surface area contributed by atoms with E-state index in [9.17, 15) is 9.59 Å². The van der Waals surface area contributed by atoms with Crippen molar-refractivity contribution >= 4 is 11.8 Å². The van der Waals surface area contributed by atoms with E-state index in [1.807, 2.05) is 47.4 Å². The Morgan fingerprint density at radius 1 is 0.969 bits per heavy atom. The monoisotopic (exact) mass is 435 g/mol. The van der Waals surface area contributed by atoms with Crippen LogP contribution in [0, 0.1) is 5.92 Å². The fraction of sp³-hybridized carbons (Fsp3) is 0.462. The van der Waals surface area contributed by atoms with Gasteiger partial charge in [-0.1, -0.05) is 30.3 Å². The standard InChI is InChI=1S/C26H33N3O3/c1-32-23-11-9-21(10-12-23)25(30)22-13-17-29(18-14-22)26(31)27-24(19-28-15-5-6-16-28)20-7-3-2-4-8-20/h2-4,7-12,22,24H,5-6,13-19H2,1H3,(H,27,31). The normalized spacial score (nSPS) is 18.3. The first-order valence-electron chi connectivity index (χ1n) is 11.6. The predicted octanol–water partition coefficient (Wildman–Crippen LogP) is 4.14. The van der Waals surface area contributed by atoms with Crippen molar-refractivity contribution in [2.24, 2.45) is 5.92 Å². The molecular formula is C26H33N3O3. The highest BCUT2D eigenvalue weighted by Gasteiger charge is 2.29. The molecule has 4 rings (SSSR count). The maximum absolute atomic E-state index is 13.1. The maximum atomic E-state index is 13.1. The number of piperidine rings is 1. The number of rotatable bonds is 7. The third-order valence-corrected chi connectivity index (χ3v) is 6.67. The number of hydrogen-bond acceptors (Lipinski definition) is 4. The number of nitrogens with zero attached hydrogens (tertiary/aromatic N) is 2. The van der Waals surface area contributed by atoms with Gasteiger partial charge >= 0.3 is 6.03 Å². The molecule has 2 fully saturated rings. The molecule has 1 unspecified atom stereocenters. The van der Waals surface area contributed by atoms with Crippen LogP contribution in [-0.2, 0) is 0 Å². The first kappa shape index (κ1) is 22.3. The van der Waals surface area contributed by atoms with Gasteiger partial charge in [-0.2, -0.15) is 0 Å². The summed E-state index contributed by atoms with van der Waals surface area (Å²) in [6.45, 7) is 4.23. The van der Waals surface area contributed by atoms with Crippen LogP contribution in [0.15, 0.2) is 54.6 Å². The second kappa shape index (κ2) is 10.6. The highest BCUT2D eigenvalue weighted by atomic mass is 16.5. The number of carbonyl (C=O) groups is 2. The lowest BCUT2D eigenvalue weighted by atomic mass is 9.89. The van der Waals surface area contributed by atoms with Crippen molar-refractivity contribution in [2.45, 2.75) is 31.7 Å². The van der Waals surface area contributed by atoms with Gasteiger partial charge in [0.2, 0.25) is 0 Å². The van der Waals surface area contributed by atoms with Crippen LogP contribution in [0.1, 0.15) is 47.6 Å². The van der Waals surface area contributed by atoms with Gasteiger partial charge in [0.15, 0.2) is 5.78 Å². The molecule has 0 spiro atoms. The average Bonchev–Trinajstić information content (AvgIpc) is 3.37. The van der Waals surface area contributed by atoms with E-state index < -0.39 is 0 Å². The van der Waals surface area contributed by atoms with Crippen molar-refractivity contribution in [1.82, 2.24) is 15.1 Å². The summed E-state index contributed by atoms with van der Waals surface area (Å²) in [6.07, 6.45) is 3.84. The first-order valence-corrected chi connectivity index (χ1v) is 11.6. The fourth-order valence-electron chi connectivity index (χ4n) is 4.72. The van der Waals surface area contributed by atoms with Crippen LogP contribution in [0.25, 0.3) is 0 Å². The molecule has 0 radical (unpaired) electrons. The van der Waals surface area contributed by atoms with Crippen molar-refractivity contribution in [1.29, 1.82) is 0 Å². The van der Waals surface area contributed by atoms with Crippen LogP contribution in [0.3, 0.4) is 0 Å². The van der Waals surface area contributed by atoms with Gasteiger partial charge in [-0.05, 0) is 68.6 Å². The zero-order chi connectivity index (χ0) is 22.3. The zero-order valence-electron chi connectivity index (χ0n) is 18.8. The molecule has 2 aliphatic heterocycles. The highest BCUT2D eigenvalue weighted by molar-refractivity contribution is 5.98. The summed E-state index contributed by atoms with van der Waals surface area (Å²) in [5, 5.41) is 3.26.